The molecule has 3 aromatic carbocycles. The maximum absolute atomic E-state index is 14.1. The first-order chi connectivity index (χ1) is 20.0. The molecule has 0 unspecified atom stereocenters. The van der Waals surface area contributed by atoms with Crippen LogP contribution in [-0.4, -0.2) is 38.2 Å². The molecule has 0 fully saturated rings. The van der Waals surface area contributed by atoms with E-state index < -0.39 is 12.0 Å². The van der Waals surface area contributed by atoms with Crippen molar-refractivity contribution in [1.29, 1.82) is 0 Å². The summed E-state index contributed by atoms with van der Waals surface area (Å²) in [4.78, 5) is 33.1. The van der Waals surface area contributed by atoms with E-state index >= 15 is 0 Å². The van der Waals surface area contributed by atoms with Gasteiger partial charge in [-0.05, 0) is 36.8 Å². The van der Waals surface area contributed by atoms with E-state index in [1.807, 2.05) is 54.6 Å². The van der Waals surface area contributed by atoms with Crippen molar-refractivity contribution >= 4 is 29.1 Å². The third-order valence-corrected chi connectivity index (χ3v) is 7.78. The molecule has 41 heavy (non-hydrogen) atoms. The molecule has 0 spiro atoms. The molecule has 0 radical (unpaired) electrons. The van der Waals surface area contributed by atoms with Gasteiger partial charge in [-0.15, -0.1) is 0 Å². The molecule has 0 saturated carbocycles. The number of hydrogen-bond donors (Lipinski definition) is 0. The number of carbonyl (C=O) groups is 1. The molecule has 2 aliphatic heterocycles. The second kappa shape index (κ2) is 11.0. The number of fused-ring (bicyclic) bond motifs is 2. The SMILES string of the molecule is CCOC(=O)C1=C(c2ccccc2)N=c2sc(=Cc3ccc4c(c3)OCO4)c(=O)n2[C@@H]1c1cccc(OC)c1OC. The fourth-order valence-corrected chi connectivity index (χ4v) is 6.02. The van der Waals surface area contributed by atoms with E-state index in [1.54, 1.807) is 25.1 Å². The molecule has 9 nitrogen and oxygen atoms in total. The van der Waals surface area contributed by atoms with Gasteiger partial charge in [0.25, 0.3) is 5.56 Å². The molecule has 208 valence electrons. The Morgan fingerprint density at radius 2 is 1.85 bits per heavy atom. The average molecular weight is 571 g/mol. The number of para-hydroxylation sites is 1. The van der Waals surface area contributed by atoms with Gasteiger partial charge in [-0.25, -0.2) is 9.79 Å². The molecule has 0 aliphatic carbocycles. The zero-order valence-electron chi connectivity index (χ0n) is 22.6. The Morgan fingerprint density at radius 3 is 2.61 bits per heavy atom. The van der Waals surface area contributed by atoms with Crippen LogP contribution in [0, 0.1) is 0 Å². The standard InChI is InChI=1S/C31H26N2O7S/c1-4-38-30(35)25-26(19-9-6-5-7-10-19)32-31-33(27(25)20-11-8-12-22(36-2)28(20)37-3)29(34)24(41-31)16-18-13-14-21-23(15-18)40-17-39-21/h5-16,27H,4,17H2,1-3H3/t27-/m1/s1. The van der Waals surface area contributed by atoms with Gasteiger partial charge in [0, 0.05) is 11.1 Å². The number of rotatable bonds is 7. The van der Waals surface area contributed by atoms with Gasteiger partial charge >= 0.3 is 5.97 Å². The minimum atomic E-state index is -0.899. The summed E-state index contributed by atoms with van der Waals surface area (Å²) < 4.78 is 29.8. The van der Waals surface area contributed by atoms with Crippen molar-refractivity contribution in [3.63, 3.8) is 0 Å². The number of esters is 1. The number of benzene rings is 3. The van der Waals surface area contributed by atoms with Gasteiger partial charge in [0.15, 0.2) is 27.8 Å². The van der Waals surface area contributed by atoms with Crippen molar-refractivity contribution in [3.05, 3.63) is 109 Å². The lowest BCUT2D eigenvalue weighted by Gasteiger charge is -2.27. The van der Waals surface area contributed by atoms with Crippen LogP contribution in [0.5, 0.6) is 23.0 Å². The molecule has 0 N–H and O–H groups in total. The minimum Gasteiger partial charge on any atom is -0.493 e. The van der Waals surface area contributed by atoms with Crippen molar-refractivity contribution in [2.75, 3.05) is 27.6 Å². The van der Waals surface area contributed by atoms with Crippen LogP contribution < -0.4 is 33.8 Å². The maximum Gasteiger partial charge on any atom is 0.338 e. The molecule has 0 amide bonds. The summed E-state index contributed by atoms with van der Waals surface area (Å²) in [5.74, 6) is 1.56. The number of hydrogen-bond acceptors (Lipinski definition) is 9. The lowest BCUT2D eigenvalue weighted by atomic mass is 9.92. The van der Waals surface area contributed by atoms with Crippen molar-refractivity contribution in [1.82, 2.24) is 4.57 Å². The highest BCUT2D eigenvalue weighted by Crippen LogP contribution is 2.42. The summed E-state index contributed by atoms with van der Waals surface area (Å²) in [5.41, 5.74) is 2.39. The average Bonchev–Trinajstić information content (AvgIpc) is 3.59. The van der Waals surface area contributed by atoms with Gasteiger partial charge in [0.2, 0.25) is 6.79 Å². The molecule has 6 rings (SSSR count). The molecule has 3 heterocycles. The van der Waals surface area contributed by atoms with Crippen molar-refractivity contribution in [2.45, 2.75) is 13.0 Å². The van der Waals surface area contributed by atoms with E-state index in [2.05, 4.69) is 0 Å². The molecule has 4 aromatic rings. The third-order valence-electron chi connectivity index (χ3n) is 6.80. The number of methoxy groups -OCH3 is 2. The van der Waals surface area contributed by atoms with Crippen LogP contribution in [0.4, 0.5) is 0 Å². The van der Waals surface area contributed by atoms with E-state index in [0.717, 1.165) is 11.1 Å². The van der Waals surface area contributed by atoms with Crippen LogP contribution in [0.25, 0.3) is 11.8 Å². The van der Waals surface area contributed by atoms with Gasteiger partial charge in [-0.2, -0.15) is 0 Å². The van der Waals surface area contributed by atoms with Crippen LogP contribution in [-0.2, 0) is 9.53 Å². The fraction of sp³-hybridized carbons (Fsp3) is 0.194. The Kier molecular flexibility index (Phi) is 7.07. The largest absolute Gasteiger partial charge is 0.493 e. The highest BCUT2D eigenvalue weighted by atomic mass is 32.1. The molecule has 1 atom stereocenters. The normalized spacial score (nSPS) is 15.8. The van der Waals surface area contributed by atoms with E-state index in [1.165, 1.54) is 30.1 Å². The van der Waals surface area contributed by atoms with E-state index in [4.69, 9.17) is 28.7 Å². The summed E-state index contributed by atoms with van der Waals surface area (Å²) in [5, 5.41) is 0. The molecule has 2 aliphatic rings. The maximum atomic E-state index is 14.1. The number of aromatic nitrogens is 1. The van der Waals surface area contributed by atoms with Crippen LogP contribution in [0.2, 0.25) is 0 Å². The van der Waals surface area contributed by atoms with Gasteiger partial charge < -0.3 is 23.7 Å². The van der Waals surface area contributed by atoms with Gasteiger partial charge in [0.05, 0.1) is 36.6 Å². The number of nitrogens with zero attached hydrogens (tertiary/aromatic N) is 2. The molecule has 0 bridgehead atoms. The summed E-state index contributed by atoms with van der Waals surface area (Å²) in [7, 11) is 3.06. The molecule has 1 aromatic heterocycles. The molecular weight excluding hydrogens is 544 g/mol. The predicted octanol–water partition coefficient (Wildman–Crippen LogP) is 3.68. The first-order valence-electron chi connectivity index (χ1n) is 12.9. The Hall–Kier alpha value is -4.83. The Morgan fingerprint density at radius 1 is 1.05 bits per heavy atom. The topological polar surface area (TPSA) is 97.6 Å². The monoisotopic (exact) mass is 570 g/mol. The Bertz CT molecular complexity index is 1860. The predicted molar refractivity (Wildman–Crippen MR) is 153 cm³/mol. The Balaban J connectivity index is 1.66. The number of carbonyl (C=O) groups excluding carboxylic acids is 1. The van der Waals surface area contributed by atoms with Gasteiger partial charge in [0.1, 0.15) is 6.04 Å². The van der Waals surface area contributed by atoms with Crippen molar-refractivity contribution in [2.24, 2.45) is 4.99 Å². The van der Waals surface area contributed by atoms with E-state index in [-0.39, 0.29) is 24.5 Å². The van der Waals surface area contributed by atoms with Crippen LogP contribution >= 0.6 is 11.3 Å². The van der Waals surface area contributed by atoms with Crippen LogP contribution in [0.3, 0.4) is 0 Å². The van der Waals surface area contributed by atoms with E-state index in [0.29, 0.717) is 43.6 Å². The van der Waals surface area contributed by atoms with Crippen molar-refractivity contribution < 1.29 is 28.5 Å². The second-order valence-corrected chi connectivity index (χ2v) is 10.1. The van der Waals surface area contributed by atoms with E-state index in [9.17, 15) is 9.59 Å². The summed E-state index contributed by atoms with van der Waals surface area (Å²) in [6.07, 6.45) is 1.78. The number of ether oxygens (including phenoxy) is 5. The smallest absolute Gasteiger partial charge is 0.338 e. The summed E-state index contributed by atoms with van der Waals surface area (Å²) in [6, 6.07) is 19.3. The molecule has 0 saturated heterocycles. The number of thiazole rings is 1. The zero-order chi connectivity index (χ0) is 28.5. The minimum absolute atomic E-state index is 0.154. The van der Waals surface area contributed by atoms with Crippen molar-refractivity contribution in [3.8, 4) is 23.0 Å². The lowest BCUT2D eigenvalue weighted by molar-refractivity contribution is -0.138. The van der Waals surface area contributed by atoms with Gasteiger partial charge in [-0.1, -0.05) is 59.9 Å². The third kappa shape index (κ3) is 4.66. The summed E-state index contributed by atoms with van der Waals surface area (Å²) >= 11 is 1.24. The molecule has 10 heteroatoms. The molecular formula is C31H26N2O7S. The highest BCUT2D eigenvalue weighted by molar-refractivity contribution is 7.07. The second-order valence-electron chi connectivity index (χ2n) is 9.13. The zero-order valence-corrected chi connectivity index (χ0v) is 23.4. The van der Waals surface area contributed by atoms with Crippen LogP contribution in [0.1, 0.15) is 29.7 Å². The quantitative estimate of drug-likeness (QED) is 0.313. The summed E-state index contributed by atoms with van der Waals surface area (Å²) in [6.45, 7) is 2.05. The highest BCUT2D eigenvalue weighted by Gasteiger charge is 2.37. The fourth-order valence-electron chi connectivity index (χ4n) is 5.02. The lowest BCUT2D eigenvalue weighted by Crippen LogP contribution is -2.40. The first kappa shape index (κ1) is 26.4. The van der Waals surface area contributed by atoms with Gasteiger partial charge in [-0.3, -0.25) is 9.36 Å². The van der Waals surface area contributed by atoms with Crippen LogP contribution in [0.15, 0.2) is 82.1 Å². The Labute approximate surface area is 239 Å². The first-order valence-corrected chi connectivity index (χ1v) is 13.7.